The van der Waals surface area contributed by atoms with Gasteiger partial charge in [0.05, 0.1) is 11.2 Å². The number of fused-ring (bicyclic) bond motifs is 1. The quantitative estimate of drug-likeness (QED) is 0.905. The van der Waals surface area contributed by atoms with Crippen LogP contribution in [-0.4, -0.2) is 22.5 Å². The fraction of sp³-hybridized carbons (Fsp3) is 0.824. The summed E-state index contributed by atoms with van der Waals surface area (Å²) in [7, 11) is 0. The molecule has 2 nitrogen and oxygen atoms in total. The predicted molar refractivity (Wildman–Crippen MR) is 92.3 cm³/mol. The van der Waals surface area contributed by atoms with Crippen molar-refractivity contribution in [1.82, 2.24) is 10.3 Å². The molecule has 1 unspecified atom stereocenters. The number of aryl methyl sites for hydroxylation is 2. The normalized spacial score (nSPS) is 31.9. The first-order valence-electron chi connectivity index (χ1n) is 8.41. The maximum absolute atomic E-state index is 5.14. The fourth-order valence-corrected chi connectivity index (χ4v) is 6.71. The lowest BCUT2D eigenvalue weighted by Gasteiger charge is -2.44. The molecule has 2 fully saturated rings. The lowest BCUT2D eigenvalue weighted by molar-refractivity contribution is 0.221. The van der Waals surface area contributed by atoms with Crippen LogP contribution in [0.3, 0.4) is 0 Å². The Labute approximate surface area is 136 Å². The molecule has 0 aromatic carbocycles. The van der Waals surface area contributed by atoms with Crippen molar-refractivity contribution in [3.05, 3.63) is 15.6 Å². The SMILES string of the molecule is CC1(C)CSCC(NC2CC2)(c2nc3c(s2)CCCC3)C1. The summed E-state index contributed by atoms with van der Waals surface area (Å²) < 4.78 is 0. The van der Waals surface area contributed by atoms with Crippen molar-refractivity contribution >= 4 is 23.1 Å². The van der Waals surface area contributed by atoms with Crippen molar-refractivity contribution < 1.29 is 0 Å². The highest BCUT2D eigenvalue weighted by Crippen LogP contribution is 2.47. The van der Waals surface area contributed by atoms with E-state index < -0.39 is 0 Å². The number of hydrogen-bond acceptors (Lipinski definition) is 4. The second kappa shape index (κ2) is 5.24. The van der Waals surface area contributed by atoms with Crippen LogP contribution < -0.4 is 5.32 Å². The molecule has 1 saturated heterocycles. The standard InChI is InChI=1S/C17H26N2S2/c1-16(2)9-17(11-20-10-16,19-12-7-8-12)15-18-13-5-3-4-6-14(13)21-15/h12,19H,3-11H2,1-2H3. The summed E-state index contributed by atoms with van der Waals surface area (Å²) in [4.78, 5) is 6.72. The van der Waals surface area contributed by atoms with Gasteiger partial charge in [-0.2, -0.15) is 11.8 Å². The van der Waals surface area contributed by atoms with E-state index in [9.17, 15) is 0 Å². The summed E-state index contributed by atoms with van der Waals surface area (Å²) in [5.41, 5.74) is 1.98. The zero-order valence-corrected chi connectivity index (χ0v) is 14.8. The van der Waals surface area contributed by atoms with Gasteiger partial charge in [-0.15, -0.1) is 11.3 Å². The van der Waals surface area contributed by atoms with E-state index in [1.165, 1.54) is 67.2 Å². The van der Waals surface area contributed by atoms with E-state index in [1.807, 2.05) is 11.3 Å². The van der Waals surface area contributed by atoms with Crippen molar-refractivity contribution in [1.29, 1.82) is 0 Å². The minimum Gasteiger partial charge on any atom is -0.302 e. The third-order valence-corrected chi connectivity index (χ3v) is 7.98. The highest BCUT2D eigenvalue weighted by atomic mass is 32.2. The average Bonchev–Trinajstić information content (AvgIpc) is 3.12. The Bertz CT molecular complexity index is 509. The first-order chi connectivity index (χ1) is 10.1. The second-order valence-electron chi connectivity index (χ2n) is 7.93. The number of hydrogen-bond donors (Lipinski definition) is 1. The molecule has 2 aliphatic carbocycles. The largest absolute Gasteiger partial charge is 0.302 e. The van der Waals surface area contributed by atoms with Gasteiger partial charge in [0.25, 0.3) is 0 Å². The zero-order chi connectivity index (χ0) is 14.5. The lowest BCUT2D eigenvalue weighted by atomic mass is 9.80. The summed E-state index contributed by atoms with van der Waals surface area (Å²) in [6, 6.07) is 0.750. The van der Waals surface area contributed by atoms with Gasteiger partial charge in [0, 0.05) is 16.7 Å². The number of thiazole rings is 1. The Balaban J connectivity index is 1.69. The van der Waals surface area contributed by atoms with Gasteiger partial charge in [-0.25, -0.2) is 4.98 Å². The van der Waals surface area contributed by atoms with Gasteiger partial charge in [0.1, 0.15) is 5.01 Å². The smallest absolute Gasteiger partial charge is 0.114 e. The van der Waals surface area contributed by atoms with Crippen molar-refractivity contribution in [2.24, 2.45) is 5.41 Å². The maximum Gasteiger partial charge on any atom is 0.114 e. The predicted octanol–water partition coefficient (Wildman–Crippen LogP) is 4.13. The molecule has 1 aromatic heterocycles. The summed E-state index contributed by atoms with van der Waals surface area (Å²) >= 11 is 4.15. The van der Waals surface area contributed by atoms with E-state index in [0.717, 1.165) is 6.04 Å². The molecule has 4 rings (SSSR count). The first-order valence-corrected chi connectivity index (χ1v) is 10.4. The molecular weight excluding hydrogens is 296 g/mol. The van der Waals surface area contributed by atoms with Gasteiger partial charge in [0.2, 0.25) is 0 Å². The third kappa shape index (κ3) is 2.91. The van der Waals surface area contributed by atoms with Crippen LogP contribution in [0.2, 0.25) is 0 Å². The zero-order valence-electron chi connectivity index (χ0n) is 13.2. The van der Waals surface area contributed by atoms with E-state index in [0.29, 0.717) is 5.41 Å². The van der Waals surface area contributed by atoms with Crippen LogP contribution in [0, 0.1) is 5.41 Å². The van der Waals surface area contributed by atoms with E-state index in [2.05, 4.69) is 30.9 Å². The average molecular weight is 323 g/mol. The molecule has 0 spiro atoms. The van der Waals surface area contributed by atoms with E-state index in [-0.39, 0.29) is 5.54 Å². The van der Waals surface area contributed by atoms with Gasteiger partial charge >= 0.3 is 0 Å². The van der Waals surface area contributed by atoms with Crippen LogP contribution in [0.1, 0.15) is 61.5 Å². The molecule has 1 aliphatic heterocycles. The molecule has 0 radical (unpaired) electrons. The summed E-state index contributed by atoms with van der Waals surface area (Å²) in [6.45, 7) is 4.85. The number of nitrogens with one attached hydrogen (secondary N) is 1. The molecular formula is C17H26N2S2. The Morgan fingerprint density at radius 1 is 1.14 bits per heavy atom. The number of thioether (sulfide) groups is 1. The van der Waals surface area contributed by atoms with Crippen molar-refractivity contribution in [3.63, 3.8) is 0 Å². The van der Waals surface area contributed by atoms with Crippen LogP contribution >= 0.6 is 23.1 Å². The number of aromatic nitrogens is 1. The Morgan fingerprint density at radius 2 is 1.95 bits per heavy atom. The third-order valence-electron chi connectivity index (χ3n) is 4.93. The summed E-state index contributed by atoms with van der Waals surface area (Å²) in [6.07, 6.45) is 9.13. The first kappa shape index (κ1) is 14.5. The van der Waals surface area contributed by atoms with Crippen LogP contribution in [0.25, 0.3) is 0 Å². The molecule has 1 atom stereocenters. The minimum atomic E-state index is 0.148. The van der Waals surface area contributed by atoms with E-state index in [4.69, 9.17) is 4.98 Å². The molecule has 1 aromatic rings. The number of rotatable bonds is 3. The fourth-order valence-electron chi connectivity index (χ4n) is 3.89. The van der Waals surface area contributed by atoms with Crippen LogP contribution in [0.5, 0.6) is 0 Å². The molecule has 116 valence electrons. The highest BCUT2D eigenvalue weighted by Gasteiger charge is 2.46. The molecule has 4 heteroatoms. The Hall–Kier alpha value is -0.0600. The van der Waals surface area contributed by atoms with Crippen LogP contribution in [-0.2, 0) is 18.4 Å². The number of nitrogens with zero attached hydrogens (tertiary/aromatic N) is 1. The monoisotopic (exact) mass is 322 g/mol. The van der Waals surface area contributed by atoms with E-state index >= 15 is 0 Å². The highest BCUT2D eigenvalue weighted by molar-refractivity contribution is 7.99. The van der Waals surface area contributed by atoms with Crippen LogP contribution in [0.15, 0.2) is 0 Å². The molecule has 2 heterocycles. The summed E-state index contributed by atoms with van der Waals surface area (Å²) in [5.74, 6) is 2.49. The Morgan fingerprint density at radius 3 is 2.67 bits per heavy atom. The molecule has 0 amide bonds. The van der Waals surface area contributed by atoms with Crippen molar-refractivity contribution in [2.45, 2.75) is 70.4 Å². The molecule has 1 saturated carbocycles. The van der Waals surface area contributed by atoms with Crippen molar-refractivity contribution in [2.75, 3.05) is 11.5 Å². The topological polar surface area (TPSA) is 24.9 Å². The van der Waals surface area contributed by atoms with Gasteiger partial charge in [-0.3, -0.25) is 0 Å². The Kier molecular flexibility index (Phi) is 3.63. The van der Waals surface area contributed by atoms with Gasteiger partial charge in [-0.1, -0.05) is 13.8 Å². The molecule has 3 aliphatic rings. The molecule has 1 N–H and O–H groups in total. The molecule has 21 heavy (non-hydrogen) atoms. The minimum absolute atomic E-state index is 0.148. The van der Waals surface area contributed by atoms with Gasteiger partial charge in [0.15, 0.2) is 0 Å². The van der Waals surface area contributed by atoms with Gasteiger partial charge < -0.3 is 5.32 Å². The maximum atomic E-state index is 5.14. The van der Waals surface area contributed by atoms with Crippen molar-refractivity contribution in [3.8, 4) is 0 Å². The molecule has 0 bridgehead atoms. The van der Waals surface area contributed by atoms with Crippen LogP contribution in [0.4, 0.5) is 0 Å². The van der Waals surface area contributed by atoms with Gasteiger partial charge in [-0.05, 0) is 56.1 Å². The van der Waals surface area contributed by atoms with E-state index in [1.54, 1.807) is 4.88 Å². The lowest BCUT2D eigenvalue weighted by Crippen LogP contribution is -2.51. The second-order valence-corrected chi connectivity index (χ2v) is 10.00. The summed E-state index contributed by atoms with van der Waals surface area (Å²) in [5, 5.41) is 5.42.